The van der Waals surface area contributed by atoms with E-state index in [-0.39, 0.29) is 49.2 Å². The lowest BCUT2D eigenvalue weighted by Gasteiger charge is -2.22. The Morgan fingerprint density at radius 3 is 2.18 bits per heavy atom. The average molecular weight is 465 g/mol. The average Bonchev–Trinajstić information content (AvgIpc) is 3.20. The Labute approximate surface area is 197 Å². The number of fused-ring (bicyclic) bond motifs is 4. The molecule has 178 valence electrons. The number of alkyl carbamates (subject to hydrolysis) is 1. The molecule has 2 aromatic rings. The maximum absolute atomic E-state index is 12.6. The first-order valence-electron chi connectivity index (χ1n) is 11.6. The highest BCUT2D eigenvalue weighted by molar-refractivity contribution is 5.80. The van der Waals surface area contributed by atoms with Gasteiger partial charge in [-0.15, -0.1) is 0 Å². The Morgan fingerprint density at radius 1 is 1.03 bits per heavy atom. The quantitative estimate of drug-likeness (QED) is 0.623. The van der Waals surface area contributed by atoms with E-state index in [0.29, 0.717) is 13.1 Å². The van der Waals surface area contributed by atoms with E-state index in [1.807, 2.05) is 24.3 Å². The number of ether oxygens (including phenoxy) is 2. The summed E-state index contributed by atoms with van der Waals surface area (Å²) in [6.07, 6.45) is -0.916. The molecule has 8 nitrogen and oxygen atoms in total. The number of aliphatic carboxylic acids is 1. The van der Waals surface area contributed by atoms with Crippen molar-refractivity contribution in [2.75, 3.05) is 33.4 Å². The van der Waals surface area contributed by atoms with Crippen LogP contribution >= 0.6 is 0 Å². The van der Waals surface area contributed by atoms with Crippen molar-refractivity contribution in [3.8, 4) is 11.1 Å². The van der Waals surface area contributed by atoms with Gasteiger partial charge in [0.15, 0.2) is 0 Å². The molecule has 34 heavy (non-hydrogen) atoms. The van der Waals surface area contributed by atoms with Crippen molar-refractivity contribution in [3.63, 3.8) is 0 Å². The van der Waals surface area contributed by atoms with Crippen LogP contribution in [0.3, 0.4) is 0 Å². The van der Waals surface area contributed by atoms with Gasteiger partial charge in [-0.05, 0) is 34.1 Å². The van der Waals surface area contributed by atoms with E-state index >= 15 is 0 Å². The molecule has 0 bridgehead atoms. The number of carbonyl (C=O) groups is 3. The van der Waals surface area contributed by atoms with Crippen molar-refractivity contribution >= 4 is 18.0 Å². The van der Waals surface area contributed by atoms with Crippen molar-refractivity contribution in [2.24, 2.45) is 17.8 Å². The SMILES string of the molecule is COC(CNC(=O)OCC1c2ccccc2-c2ccccc21)CC(=O)N1CC2C(C1)C2C(=O)O. The fourth-order valence-electron chi connectivity index (χ4n) is 5.51. The lowest BCUT2D eigenvalue weighted by molar-refractivity contribution is -0.141. The lowest BCUT2D eigenvalue weighted by atomic mass is 9.98. The predicted octanol–water partition coefficient (Wildman–Crippen LogP) is 2.72. The number of benzene rings is 2. The number of amides is 2. The van der Waals surface area contributed by atoms with Gasteiger partial charge in [-0.2, -0.15) is 0 Å². The van der Waals surface area contributed by atoms with Gasteiger partial charge >= 0.3 is 12.1 Å². The van der Waals surface area contributed by atoms with E-state index in [1.54, 1.807) is 4.90 Å². The van der Waals surface area contributed by atoms with Gasteiger partial charge in [-0.3, -0.25) is 9.59 Å². The number of carboxylic acid groups (broad SMARTS) is 1. The molecule has 0 spiro atoms. The van der Waals surface area contributed by atoms with Gasteiger partial charge in [0.2, 0.25) is 5.91 Å². The lowest BCUT2D eigenvalue weighted by Crippen LogP contribution is -2.39. The van der Waals surface area contributed by atoms with Gasteiger partial charge in [0.05, 0.1) is 18.4 Å². The Bertz CT molecular complexity index is 1060. The van der Waals surface area contributed by atoms with Crippen molar-refractivity contribution in [1.82, 2.24) is 10.2 Å². The van der Waals surface area contributed by atoms with Crippen molar-refractivity contribution in [1.29, 1.82) is 0 Å². The number of nitrogens with one attached hydrogen (secondary N) is 1. The monoisotopic (exact) mass is 464 g/mol. The number of piperidine rings is 1. The van der Waals surface area contributed by atoms with Crippen LogP contribution in [0.4, 0.5) is 4.79 Å². The molecule has 5 rings (SSSR count). The normalized spacial score (nSPS) is 23.0. The molecular weight excluding hydrogens is 436 g/mol. The topological polar surface area (TPSA) is 105 Å². The van der Waals surface area contributed by atoms with Crippen LogP contribution in [0.25, 0.3) is 11.1 Å². The second kappa shape index (κ2) is 9.10. The van der Waals surface area contributed by atoms with Gasteiger partial charge in [0, 0.05) is 32.7 Å². The summed E-state index contributed by atoms with van der Waals surface area (Å²) >= 11 is 0. The zero-order valence-electron chi connectivity index (χ0n) is 19.0. The molecule has 2 N–H and O–H groups in total. The molecule has 0 aromatic heterocycles. The minimum atomic E-state index is -0.774. The van der Waals surface area contributed by atoms with Crippen molar-refractivity contribution in [2.45, 2.75) is 18.4 Å². The standard InChI is InChI=1S/C26H28N2O6/c1-33-15(10-23(29)28-12-20-21(13-28)24(20)25(30)31)11-27-26(32)34-14-22-18-8-4-2-6-16(18)17-7-3-5-9-19(17)22/h2-9,15,20-22,24H,10-14H2,1H3,(H,27,32)(H,30,31). The fraction of sp³-hybridized carbons (Fsp3) is 0.423. The summed E-state index contributed by atoms with van der Waals surface area (Å²) < 4.78 is 10.9. The molecule has 2 fully saturated rings. The number of methoxy groups -OCH3 is 1. The third-order valence-electron chi connectivity index (χ3n) is 7.39. The molecule has 3 unspecified atom stereocenters. The highest BCUT2D eigenvalue weighted by atomic mass is 16.5. The van der Waals surface area contributed by atoms with E-state index in [4.69, 9.17) is 14.6 Å². The minimum absolute atomic E-state index is 0.0193. The van der Waals surface area contributed by atoms with Crippen LogP contribution in [-0.2, 0) is 19.1 Å². The van der Waals surface area contributed by atoms with E-state index in [2.05, 4.69) is 29.6 Å². The summed E-state index contributed by atoms with van der Waals surface area (Å²) in [6.45, 7) is 1.34. The molecule has 1 saturated carbocycles. The van der Waals surface area contributed by atoms with Crippen LogP contribution in [0.2, 0.25) is 0 Å². The number of hydrogen-bond acceptors (Lipinski definition) is 5. The molecule has 3 atom stereocenters. The van der Waals surface area contributed by atoms with E-state index < -0.39 is 18.2 Å². The predicted molar refractivity (Wildman–Crippen MR) is 123 cm³/mol. The number of hydrogen-bond donors (Lipinski definition) is 2. The zero-order valence-corrected chi connectivity index (χ0v) is 19.0. The molecule has 1 aliphatic heterocycles. The van der Waals surface area contributed by atoms with Crippen molar-refractivity contribution in [3.05, 3.63) is 59.7 Å². The summed E-state index contributed by atoms with van der Waals surface area (Å²) in [5.74, 6) is -1.05. The Morgan fingerprint density at radius 2 is 1.62 bits per heavy atom. The summed E-state index contributed by atoms with van der Waals surface area (Å²) in [7, 11) is 1.50. The van der Waals surface area contributed by atoms with Gasteiger partial charge in [0.1, 0.15) is 6.61 Å². The highest BCUT2D eigenvalue weighted by Crippen LogP contribution is 2.51. The second-order valence-corrected chi connectivity index (χ2v) is 9.26. The van der Waals surface area contributed by atoms with Gasteiger partial charge in [-0.25, -0.2) is 4.79 Å². The first-order chi connectivity index (χ1) is 16.5. The maximum Gasteiger partial charge on any atom is 0.407 e. The van der Waals surface area contributed by atoms with Gasteiger partial charge < -0.3 is 24.8 Å². The Kier molecular flexibility index (Phi) is 6.00. The minimum Gasteiger partial charge on any atom is -0.481 e. The molecule has 1 heterocycles. The molecule has 2 aromatic carbocycles. The van der Waals surface area contributed by atoms with Crippen LogP contribution in [-0.4, -0.2) is 67.4 Å². The van der Waals surface area contributed by atoms with Crippen molar-refractivity contribution < 1.29 is 29.0 Å². The number of likely N-dealkylation sites (tertiary alicyclic amines) is 1. The van der Waals surface area contributed by atoms with E-state index in [0.717, 1.165) is 11.1 Å². The van der Waals surface area contributed by atoms with Crippen LogP contribution in [0, 0.1) is 17.8 Å². The summed E-state index contributed by atoms with van der Waals surface area (Å²) in [5.41, 5.74) is 4.62. The molecule has 2 aliphatic carbocycles. The first kappa shape index (κ1) is 22.4. The largest absolute Gasteiger partial charge is 0.481 e. The number of rotatable bonds is 8. The first-order valence-corrected chi connectivity index (χ1v) is 11.6. The summed E-state index contributed by atoms with van der Waals surface area (Å²) in [6, 6.07) is 16.3. The maximum atomic E-state index is 12.6. The smallest absolute Gasteiger partial charge is 0.407 e. The van der Waals surface area contributed by atoms with E-state index in [9.17, 15) is 14.4 Å². The third-order valence-corrected chi connectivity index (χ3v) is 7.39. The summed E-state index contributed by atoms with van der Waals surface area (Å²) in [5, 5.41) is 11.8. The molecule has 2 amide bonds. The van der Waals surface area contributed by atoms with E-state index in [1.165, 1.54) is 18.2 Å². The van der Waals surface area contributed by atoms with Crippen LogP contribution in [0.5, 0.6) is 0 Å². The Hall–Kier alpha value is -3.39. The molecule has 0 radical (unpaired) electrons. The molecule has 8 heteroatoms. The van der Waals surface area contributed by atoms with Gasteiger partial charge in [0.25, 0.3) is 0 Å². The second-order valence-electron chi connectivity index (χ2n) is 9.26. The fourth-order valence-corrected chi connectivity index (χ4v) is 5.51. The number of carboxylic acids is 1. The van der Waals surface area contributed by atoms with Gasteiger partial charge in [-0.1, -0.05) is 48.5 Å². The zero-order chi connectivity index (χ0) is 23.8. The Balaban J connectivity index is 1.10. The molecule has 3 aliphatic rings. The molecule has 1 saturated heterocycles. The highest BCUT2D eigenvalue weighted by Gasteiger charge is 2.60. The number of nitrogens with zero attached hydrogens (tertiary/aromatic N) is 1. The third kappa shape index (κ3) is 4.14. The van der Waals surface area contributed by atoms with Crippen LogP contribution < -0.4 is 5.32 Å². The van der Waals surface area contributed by atoms with Crippen LogP contribution in [0.1, 0.15) is 23.5 Å². The number of carbonyl (C=O) groups excluding carboxylic acids is 2. The van der Waals surface area contributed by atoms with Crippen LogP contribution in [0.15, 0.2) is 48.5 Å². The molecular formula is C26H28N2O6. The summed E-state index contributed by atoms with van der Waals surface area (Å²) in [4.78, 5) is 37.8.